The molecule has 3 rings (SSSR count). The van der Waals surface area contributed by atoms with Crippen molar-refractivity contribution in [3.8, 4) is 0 Å². The highest BCUT2D eigenvalue weighted by atomic mass is 35.5. The van der Waals surface area contributed by atoms with Gasteiger partial charge in [-0.05, 0) is 30.3 Å². The quantitative estimate of drug-likeness (QED) is 0.705. The highest BCUT2D eigenvalue weighted by molar-refractivity contribution is 6.42. The second-order valence-electron chi connectivity index (χ2n) is 5.05. The topological polar surface area (TPSA) is 79.8 Å². The second-order valence-corrected chi connectivity index (χ2v) is 5.87. The summed E-state index contributed by atoms with van der Waals surface area (Å²) in [7, 11) is 0. The van der Waals surface area contributed by atoms with Gasteiger partial charge in [0.05, 0.1) is 27.8 Å². The molecule has 2 heterocycles. The largest absolute Gasteiger partial charge is 0.349 e. The number of carbonyl (C=O) groups excluding carboxylic acids is 1. The molecular weight excluding hydrogens is 361 g/mol. The van der Waals surface area contributed by atoms with E-state index in [0.717, 1.165) is 5.69 Å². The fourth-order valence-corrected chi connectivity index (χ4v) is 2.28. The predicted octanol–water partition coefficient (Wildman–Crippen LogP) is 4.04. The molecule has 8 heteroatoms. The van der Waals surface area contributed by atoms with Crippen molar-refractivity contribution < 1.29 is 4.79 Å². The van der Waals surface area contributed by atoms with Gasteiger partial charge in [0.15, 0.2) is 0 Å². The van der Waals surface area contributed by atoms with Gasteiger partial charge in [0, 0.05) is 24.3 Å². The van der Waals surface area contributed by atoms with Gasteiger partial charge in [0.1, 0.15) is 0 Å². The monoisotopic (exact) mass is 373 g/mol. The zero-order valence-electron chi connectivity index (χ0n) is 12.9. The van der Waals surface area contributed by atoms with Crippen LogP contribution < -0.4 is 10.6 Å². The van der Waals surface area contributed by atoms with E-state index < -0.39 is 0 Å². The van der Waals surface area contributed by atoms with Crippen molar-refractivity contribution in [3.05, 3.63) is 76.3 Å². The Labute approximate surface area is 154 Å². The average Bonchev–Trinajstić information content (AvgIpc) is 2.64. The number of carbonyl (C=O) groups is 1. The molecule has 0 radical (unpaired) electrons. The SMILES string of the molecule is O=C(Nc1ccc(Cl)c(Cl)c1)c1cnc(NCc2ccccn2)nc1. The van der Waals surface area contributed by atoms with Crippen LogP contribution in [0.2, 0.25) is 10.0 Å². The summed E-state index contributed by atoms with van der Waals surface area (Å²) in [6, 6.07) is 10.5. The number of benzene rings is 1. The van der Waals surface area contributed by atoms with Crippen LogP contribution in [-0.2, 0) is 6.54 Å². The molecule has 0 atom stereocenters. The summed E-state index contributed by atoms with van der Waals surface area (Å²) in [6.45, 7) is 0.496. The summed E-state index contributed by atoms with van der Waals surface area (Å²) >= 11 is 11.8. The lowest BCUT2D eigenvalue weighted by Gasteiger charge is -2.07. The molecule has 2 aromatic heterocycles. The fourth-order valence-electron chi connectivity index (χ4n) is 1.99. The normalized spacial score (nSPS) is 10.3. The van der Waals surface area contributed by atoms with Crippen LogP contribution >= 0.6 is 23.2 Å². The van der Waals surface area contributed by atoms with Gasteiger partial charge in [0.25, 0.3) is 5.91 Å². The lowest BCUT2D eigenvalue weighted by atomic mass is 10.3. The first-order valence-corrected chi connectivity index (χ1v) is 8.09. The molecule has 0 saturated heterocycles. The van der Waals surface area contributed by atoms with E-state index in [9.17, 15) is 4.79 Å². The van der Waals surface area contributed by atoms with Crippen LogP contribution in [0.4, 0.5) is 11.6 Å². The van der Waals surface area contributed by atoms with Crippen LogP contribution in [0.15, 0.2) is 55.0 Å². The van der Waals surface area contributed by atoms with Crippen LogP contribution in [0.25, 0.3) is 0 Å². The number of halogens is 2. The third-order valence-electron chi connectivity index (χ3n) is 3.25. The fraction of sp³-hybridized carbons (Fsp3) is 0.0588. The van der Waals surface area contributed by atoms with E-state index in [1.165, 1.54) is 12.4 Å². The van der Waals surface area contributed by atoms with E-state index in [2.05, 4.69) is 25.6 Å². The molecule has 0 saturated carbocycles. The number of nitrogens with zero attached hydrogens (tertiary/aromatic N) is 3. The summed E-state index contributed by atoms with van der Waals surface area (Å²) in [6.07, 6.45) is 4.61. The Morgan fingerprint density at radius 1 is 1.00 bits per heavy atom. The minimum absolute atomic E-state index is 0.328. The van der Waals surface area contributed by atoms with Crippen LogP contribution in [0.3, 0.4) is 0 Å². The highest BCUT2D eigenvalue weighted by Crippen LogP contribution is 2.25. The van der Waals surface area contributed by atoms with Crippen molar-refractivity contribution in [1.29, 1.82) is 0 Å². The maximum Gasteiger partial charge on any atom is 0.258 e. The summed E-state index contributed by atoms with van der Waals surface area (Å²) in [5.74, 6) is 0.0754. The zero-order chi connectivity index (χ0) is 17.6. The van der Waals surface area contributed by atoms with Gasteiger partial charge < -0.3 is 10.6 Å². The van der Waals surface area contributed by atoms with Crippen molar-refractivity contribution in [2.75, 3.05) is 10.6 Å². The number of amides is 1. The molecule has 0 unspecified atom stereocenters. The molecule has 1 aromatic carbocycles. The molecule has 0 aliphatic carbocycles. The molecule has 6 nitrogen and oxygen atoms in total. The molecule has 0 aliphatic heterocycles. The Bertz CT molecular complexity index is 872. The summed E-state index contributed by atoms with van der Waals surface area (Å²) in [5.41, 5.74) is 1.73. The Kier molecular flexibility index (Phi) is 5.42. The summed E-state index contributed by atoms with van der Waals surface area (Å²) < 4.78 is 0. The number of rotatable bonds is 5. The van der Waals surface area contributed by atoms with Crippen molar-refractivity contribution >= 4 is 40.7 Å². The first-order chi connectivity index (χ1) is 12.1. The average molecular weight is 374 g/mol. The number of anilines is 2. The van der Waals surface area contributed by atoms with Crippen molar-refractivity contribution in [1.82, 2.24) is 15.0 Å². The Morgan fingerprint density at radius 2 is 1.80 bits per heavy atom. The molecule has 2 N–H and O–H groups in total. The molecule has 0 aliphatic rings. The molecule has 25 heavy (non-hydrogen) atoms. The van der Waals surface area contributed by atoms with E-state index in [1.54, 1.807) is 24.4 Å². The lowest BCUT2D eigenvalue weighted by Crippen LogP contribution is -2.13. The second kappa shape index (κ2) is 7.92. The van der Waals surface area contributed by atoms with Crippen molar-refractivity contribution in [3.63, 3.8) is 0 Å². The Balaban J connectivity index is 1.61. The van der Waals surface area contributed by atoms with Crippen LogP contribution in [0.1, 0.15) is 16.1 Å². The van der Waals surface area contributed by atoms with Gasteiger partial charge in [0.2, 0.25) is 5.95 Å². The van der Waals surface area contributed by atoms with Crippen molar-refractivity contribution in [2.45, 2.75) is 6.54 Å². The first-order valence-electron chi connectivity index (χ1n) is 7.34. The summed E-state index contributed by atoms with van der Waals surface area (Å²) in [5, 5.41) is 6.54. The van der Waals surface area contributed by atoms with Crippen LogP contribution in [0, 0.1) is 0 Å². The van der Waals surface area contributed by atoms with Crippen LogP contribution in [-0.4, -0.2) is 20.9 Å². The molecule has 0 bridgehead atoms. The summed E-state index contributed by atoms with van der Waals surface area (Å²) in [4.78, 5) is 24.7. The van der Waals surface area contributed by atoms with Gasteiger partial charge in [-0.1, -0.05) is 29.3 Å². The standard InChI is InChI=1S/C17H13Cl2N5O/c18-14-5-4-12(7-15(14)19)24-16(25)11-8-21-17(22-9-11)23-10-13-3-1-2-6-20-13/h1-9H,10H2,(H,24,25)(H,21,22,23). The number of aromatic nitrogens is 3. The van der Waals surface area contributed by atoms with E-state index >= 15 is 0 Å². The molecule has 126 valence electrons. The Morgan fingerprint density at radius 3 is 2.48 bits per heavy atom. The van der Waals surface area contributed by atoms with E-state index in [4.69, 9.17) is 23.2 Å². The van der Waals surface area contributed by atoms with E-state index in [-0.39, 0.29) is 5.91 Å². The molecule has 0 spiro atoms. The molecule has 1 amide bonds. The van der Waals surface area contributed by atoms with Crippen molar-refractivity contribution in [2.24, 2.45) is 0 Å². The minimum atomic E-state index is -0.338. The van der Waals surface area contributed by atoms with Gasteiger partial charge >= 0.3 is 0 Å². The Hall–Kier alpha value is -2.70. The zero-order valence-corrected chi connectivity index (χ0v) is 14.4. The lowest BCUT2D eigenvalue weighted by molar-refractivity contribution is 0.102. The third kappa shape index (κ3) is 4.65. The number of nitrogens with one attached hydrogen (secondary N) is 2. The maximum absolute atomic E-state index is 12.2. The van der Waals surface area contributed by atoms with Gasteiger partial charge in [-0.3, -0.25) is 9.78 Å². The number of hydrogen-bond donors (Lipinski definition) is 2. The number of hydrogen-bond acceptors (Lipinski definition) is 5. The maximum atomic E-state index is 12.2. The molecule has 0 fully saturated rings. The van der Waals surface area contributed by atoms with Gasteiger partial charge in [-0.15, -0.1) is 0 Å². The smallest absolute Gasteiger partial charge is 0.258 e. The minimum Gasteiger partial charge on any atom is -0.349 e. The van der Waals surface area contributed by atoms with Crippen LogP contribution in [0.5, 0.6) is 0 Å². The first kappa shape index (κ1) is 17.1. The van der Waals surface area contributed by atoms with E-state index in [1.807, 2.05) is 18.2 Å². The predicted molar refractivity (Wildman–Crippen MR) is 98.0 cm³/mol. The van der Waals surface area contributed by atoms with Gasteiger partial charge in [-0.2, -0.15) is 0 Å². The highest BCUT2D eigenvalue weighted by Gasteiger charge is 2.09. The van der Waals surface area contributed by atoms with E-state index in [0.29, 0.717) is 33.8 Å². The molecule has 3 aromatic rings. The van der Waals surface area contributed by atoms with Gasteiger partial charge in [-0.25, -0.2) is 9.97 Å². The number of pyridine rings is 1. The third-order valence-corrected chi connectivity index (χ3v) is 3.98. The molecular formula is C17H13Cl2N5O.